The van der Waals surface area contributed by atoms with Gasteiger partial charge < -0.3 is 23.8 Å². The molecule has 5 rings (SSSR count). The number of hydrogen-bond acceptors (Lipinski definition) is 8. The van der Waals surface area contributed by atoms with Crippen LogP contribution in [0.5, 0.6) is 0 Å². The van der Waals surface area contributed by atoms with Crippen molar-refractivity contribution in [1.82, 2.24) is 9.55 Å². The van der Waals surface area contributed by atoms with E-state index in [4.69, 9.17) is 9.47 Å². The summed E-state index contributed by atoms with van der Waals surface area (Å²) < 4.78 is 26.6. The molecule has 9 nitrogen and oxygen atoms in total. The fourth-order valence-corrected chi connectivity index (χ4v) is 5.80. The topological polar surface area (TPSA) is 107 Å². The Morgan fingerprint density at radius 3 is 2.41 bits per heavy atom. The van der Waals surface area contributed by atoms with Gasteiger partial charge in [-0.15, -0.1) is 0 Å². The highest BCUT2D eigenvalue weighted by Gasteiger charge is 2.32. The molecule has 1 atom stereocenters. The SMILES string of the molecule is Cn1c(=O)c(C#N)c(N(C)[C@H]2CC[C@H](N(CC3COCCO3)c3ccc(F)cc3)CC2)c2nc(C#N)ccc21. The third-order valence-corrected chi connectivity index (χ3v) is 7.89. The number of fused-ring (bicyclic) bond motifs is 1. The number of ether oxygens (including phenoxy) is 2. The van der Waals surface area contributed by atoms with Gasteiger partial charge in [0.2, 0.25) is 0 Å². The molecular formula is C29H31FN6O3. The van der Waals surface area contributed by atoms with Gasteiger partial charge in [-0.1, -0.05) is 0 Å². The van der Waals surface area contributed by atoms with Gasteiger partial charge in [-0.2, -0.15) is 10.5 Å². The molecule has 1 saturated carbocycles. The lowest BCUT2D eigenvalue weighted by Gasteiger charge is -2.43. The largest absolute Gasteiger partial charge is 0.376 e. The molecule has 2 aliphatic rings. The van der Waals surface area contributed by atoms with E-state index in [-0.39, 0.29) is 40.8 Å². The fourth-order valence-electron chi connectivity index (χ4n) is 5.80. The lowest BCUT2D eigenvalue weighted by Crippen LogP contribution is -2.48. The summed E-state index contributed by atoms with van der Waals surface area (Å²) >= 11 is 0. The van der Waals surface area contributed by atoms with Crippen molar-refractivity contribution in [3.63, 3.8) is 0 Å². The molecule has 1 unspecified atom stereocenters. The zero-order valence-corrected chi connectivity index (χ0v) is 22.1. The molecule has 0 radical (unpaired) electrons. The summed E-state index contributed by atoms with van der Waals surface area (Å²) in [4.78, 5) is 21.8. The average Bonchev–Trinajstić information content (AvgIpc) is 2.98. The van der Waals surface area contributed by atoms with Gasteiger partial charge in [-0.25, -0.2) is 9.37 Å². The standard InChI is InChI=1S/C29H31FN6O3/c1-34(28-25(16-32)29(37)35(2)26-12-5-20(15-31)33-27(26)28)21-8-10-23(11-9-21)36(17-24-18-38-13-14-39-24)22-6-3-19(30)4-7-22/h3-7,12,21,23-24H,8-11,13-14,17-18H2,1-2H3/t21-,23-,24?. The molecular weight excluding hydrogens is 499 g/mol. The summed E-state index contributed by atoms with van der Waals surface area (Å²) in [6.45, 7) is 2.33. The van der Waals surface area contributed by atoms with Crippen LogP contribution >= 0.6 is 0 Å². The molecule has 39 heavy (non-hydrogen) atoms. The number of nitrogens with zero attached hydrogens (tertiary/aromatic N) is 6. The molecule has 2 aromatic heterocycles. The van der Waals surface area contributed by atoms with Gasteiger partial charge in [0.25, 0.3) is 5.56 Å². The first-order valence-corrected chi connectivity index (χ1v) is 13.2. The Hall–Kier alpha value is -3.99. The van der Waals surface area contributed by atoms with Crippen LogP contribution in [0.3, 0.4) is 0 Å². The highest BCUT2D eigenvalue weighted by molar-refractivity contribution is 5.92. The van der Waals surface area contributed by atoms with Crippen molar-refractivity contribution < 1.29 is 13.9 Å². The minimum absolute atomic E-state index is 0.0274. The molecule has 3 aromatic rings. The molecule has 1 aliphatic heterocycles. The second kappa shape index (κ2) is 11.4. The van der Waals surface area contributed by atoms with Crippen LogP contribution in [-0.2, 0) is 16.5 Å². The number of aromatic nitrogens is 2. The highest BCUT2D eigenvalue weighted by Crippen LogP contribution is 2.35. The van der Waals surface area contributed by atoms with E-state index in [1.807, 2.05) is 11.9 Å². The minimum Gasteiger partial charge on any atom is -0.376 e. The van der Waals surface area contributed by atoms with Crippen molar-refractivity contribution in [2.45, 2.75) is 43.9 Å². The number of benzene rings is 1. The summed E-state index contributed by atoms with van der Waals surface area (Å²) in [5, 5.41) is 19.4. The van der Waals surface area contributed by atoms with E-state index in [1.165, 1.54) is 16.7 Å². The Balaban J connectivity index is 1.41. The molecule has 0 bridgehead atoms. The summed E-state index contributed by atoms with van der Waals surface area (Å²) in [5.74, 6) is -0.274. The first kappa shape index (κ1) is 26.6. The predicted octanol–water partition coefficient (Wildman–Crippen LogP) is 3.49. The van der Waals surface area contributed by atoms with Crippen molar-refractivity contribution in [2.24, 2.45) is 7.05 Å². The van der Waals surface area contributed by atoms with Crippen molar-refractivity contribution in [3.05, 3.63) is 63.8 Å². The van der Waals surface area contributed by atoms with Crippen molar-refractivity contribution in [2.75, 3.05) is 43.2 Å². The van der Waals surface area contributed by atoms with Crippen LogP contribution in [0, 0.1) is 28.5 Å². The molecule has 202 valence electrons. The molecule has 10 heteroatoms. The number of halogens is 1. The van der Waals surface area contributed by atoms with E-state index < -0.39 is 0 Å². The van der Waals surface area contributed by atoms with Gasteiger partial charge >= 0.3 is 0 Å². The van der Waals surface area contributed by atoms with Crippen LogP contribution in [0.2, 0.25) is 0 Å². The zero-order valence-electron chi connectivity index (χ0n) is 22.1. The lowest BCUT2D eigenvalue weighted by atomic mass is 9.88. The van der Waals surface area contributed by atoms with Crippen LogP contribution < -0.4 is 15.4 Å². The summed E-state index contributed by atoms with van der Waals surface area (Å²) in [6.07, 6.45) is 3.30. The monoisotopic (exact) mass is 530 g/mol. The van der Waals surface area contributed by atoms with Crippen molar-refractivity contribution >= 4 is 22.4 Å². The second-order valence-corrected chi connectivity index (χ2v) is 10.1. The third-order valence-electron chi connectivity index (χ3n) is 7.89. The maximum Gasteiger partial charge on any atom is 0.270 e. The zero-order chi connectivity index (χ0) is 27.5. The molecule has 3 heterocycles. The van der Waals surface area contributed by atoms with Crippen LogP contribution in [0.15, 0.2) is 41.2 Å². The van der Waals surface area contributed by atoms with Crippen molar-refractivity contribution in [1.29, 1.82) is 10.5 Å². The number of nitriles is 2. The third kappa shape index (κ3) is 5.31. The smallest absolute Gasteiger partial charge is 0.270 e. The van der Waals surface area contributed by atoms with E-state index in [0.29, 0.717) is 43.1 Å². The summed E-state index contributed by atoms with van der Waals surface area (Å²) in [6, 6.07) is 14.3. The predicted molar refractivity (Wildman–Crippen MR) is 145 cm³/mol. The highest BCUT2D eigenvalue weighted by atomic mass is 19.1. The number of hydrogen-bond donors (Lipinski definition) is 0. The minimum atomic E-state index is -0.385. The average molecular weight is 531 g/mol. The van der Waals surface area contributed by atoms with E-state index in [2.05, 4.69) is 22.0 Å². The maximum absolute atomic E-state index is 13.7. The Labute approximate surface area is 226 Å². The fraction of sp³-hybridized carbons (Fsp3) is 0.448. The van der Waals surface area contributed by atoms with E-state index in [0.717, 1.165) is 31.4 Å². The number of aryl methyl sites for hydroxylation is 1. The quantitative estimate of drug-likeness (QED) is 0.477. The molecule has 1 aromatic carbocycles. The molecule has 0 N–H and O–H groups in total. The van der Waals surface area contributed by atoms with Crippen LogP contribution in [-0.4, -0.2) is 61.2 Å². The number of rotatable bonds is 6. The van der Waals surface area contributed by atoms with Crippen LogP contribution in [0.4, 0.5) is 15.8 Å². The van der Waals surface area contributed by atoms with Gasteiger partial charge in [0, 0.05) is 38.4 Å². The molecule has 0 amide bonds. The Kier molecular flexibility index (Phi) is 7.78. The summed E-state index contributed by atoms with van der Waals surface area (Å²) in [7, 11) is 3.51. The van der Waals surface area contributed by atoms with Gasteiger partial charge in [0.1, 0.15) is 34.7 Å². The lowest BCUT2D eigenvalue weighted by molar-refractivity contribution is -0.0846. The molecule has 1 aliphatic carbocycles. The van der Waals surface area contributed by atoms with E-state index >= 15 is 0 Å². The Morgan fingerprint density at radius 1 is 1.05 bits per heavy atom. The number of anilines is 2. The number of pyridine rings is 2. The maximum atomic E-state index is 13.7. The first-order valence-electron chi connectivity index (χ1n) is 13.2. The Bertz CT molecular complexity index is 1480. The van der Waals surface area contributed by atoms with Gasteiger partial charge in [-0.3, -0.25) is 4.79 Å². The molecule has 2 fully saturated rings. The van der Waals surface area contributed by atoms with E-state index in [1.54, 1.807) is 31.3 Å². The molecule has 1 saturated heterocycles. The van der Waals surface area contributed by atoms with Crippen LogP contribution in [0.1, 0.15) is 36.9 Å². The van der Waals surface area contributed by atoms with Crippen molar-refractivity contribution in [3.8, 4) is 12.1 Å². The van der Waals surface area contributed by atoms with Gasteiger partial charge in [0.15, 0.2) is 0 Å². The molecule has 0 spiro atoms. The van der Waals surface area contributed by atoms with Gasteiger partial charge in [-0.05, 0) is 62.1 Å². The normalized spacial score (nSPS) is 21.2. The second-order valence-electron chi connectivity index (χ2n) is 10.1. The summed E-state index contributed by atoms with van der Waals surface area (Å²) in [5.41, 5.74) is 2.33. The van der Waals surface area contributed by atoms with E-state index in [9.17, 15) is 19.7 Å². The first-order chi connectivity index (χ1) is 18.9. The van der Waals surface area contributed by atoms with Crippen LogP contribution in [0.25, 0.3) is 11.0 Å². The Morgan fingerprint density at radius 2 is 1.77 bits per heavy atom. The van der Waals surface area contributed by atoms with Gasteiger partial charge in [0.05, 0.1) is 37.1 Å².